The minimum atomic E-state index is -0.197. The Morgan fingerprint density at radius 1 is 1.22 bits per heavy atom. The number of aromatic nitrogens is 1. The lowest BCUT2D eigenvalue weighted by Gasteiger charge is -2.24. The number of benzene rings is 1. The van der Waals surface area contributed by atoms with E-state index in [4.69, 9.17) is 9.72 Å². The van der Waals surface area contributed by atoms with Crippen molar-refractivity contribution in [3.05, 3.63) is 53.2 Å². The number of hydrogen-bond donors (Lipinski definition) is 0. The van der Waals surface area contributed by atoms with Crippen LogP contribution < -0.4 is 4.90 Å². The number of carbonyl (C=O) groups excluding carboxylic acids is 1. The summed E-state index contributed by atoms with van der Waals surface area (Å²) in [6.45, 7) is 6.21. The molecule has 1 aromatic heterocycles. The fraction of sp³-hybridized carbons (Fsp3) is 0.391. The molecule has 1 fully saturated rings. The van der Waals surface area contributed by atoms with Crippen LogP contribution in [0, 0.1) is 6.92 Å². The van der Waals surface area contributed by atoms with E-state index in [-0.39, 0.29) is 5.97 Å². The summed E-state index contributed by atoms with van der Waals surface area (Å²) >= 11 is 0. The molecule has 0 amide bonds. The van der Waals surface area contributed by atoms with Gasteiger partial charge in [-0.3, -0.25) is 9.78 Å². The first kappa shape index (κ1) is 19.2. The lowest BCUT2D eigenvalue weighted by atomic mass is 10.0. The number of hydrogen-bond acceptors (Lipinski definition) is 4. The van der Waals surface area contributed by atoms with Gasteiger partial charge < -0.3 is 9.64 Å². The van der Waals surface area contributed by atoms with Crippen molar-refractivity contribution >= 4 is 17.7 Å². The van der Waals surface area contributed by atoms with Crippen LogP contribution in [-0.2, 0) is 16.0 Å². The summed E-state index contributed by atoms with van der Waals surface area (Å²) in [6, 6.07) is 10.6. The minimum absolute atomic E-state index is 0.197. The number of allylic oxidation sites excluding steroid dienone is 1. The van der Waals surface area contributed by atoms with E-state index in [1.165, 1.54) is 36.8 Å². The summed E-state index contributed by atoms with van der Waals surface area (Å²) in [6.07, 6.45) is 7.54. The van der Waals surface area contributed by atoms with E-state index in [2.05, 4.69) is 54.3 Å². The number of aryl methyl sites for hydroxylation is 2. The van der Waals surface area contributed by atoms with Crippen LogP contribution in [0.5, 0.6) is 0 Å². The molecule has 4 nitrogen and oxygen atoms in total. The third kappa shape index (κ3) is 4.57. The van der Waals surface area contributed by atoms with Gasteiger partial charge in [0.05, 0.1) is 30.6 Å². The SMILES string of the molecule is CC=Cc1cc(-c2ccc(C)cc2)nc(CCC(=O)OC)c1N1CCCC1. The molecule has 1 aliphatic heterocycles. The van der Waals surface area contributed by atoms with Gasteiger partial charge in [0.1, 0.15) is 0 Å². The molecule has 0 spiro atoms. The number of carbonyl (C=O) groups is 1. The predicted octanol–water partition coefficient (Wildman–Crippen LogP) is 4.80. The van der Waals surface area contributed by atoms with Crippen molar-refractivity contribution < 1.29 is 9.53 Å². The van der Waals surface area contributed by atoms with Crippen molar-refractivity contribution in [1.82, 2.24) is 4.98 Å². The molecule has 4 heteroatoms. The van der Waals surface area contributed by atoms with Gasteiger partial charge in [0.2, 0.25) is 0 Å². The Morgan fingerprint density at radius 3 is 2.56 bits per heavy atom. The van der Waals surface area contributed by atoms with Gasteiger partial charge in [-0.1, -0.05) is 42.0 Å². The van der Waals surface area contributed by atoms with Crippen molar-refractivity contribution in [2.24, 2.45) is 0 Å². The Morgan fingerprint density at radius 2 is 1.93 bits per heavy atom. The van der Waals surface area contributed by atoms with Crippen molar-refractivity contribution in [2.45, 2.75) is 39.5 Å². The highest BCUT2D eigenvalue weighted by molar-refractivity contribution is 5.76. The molecule has 1 aliphatic rings. The summed E-state index contributed by atoms with van der Waals surface area (Å²) in [7, 11) is 1.44. The molecule has 2 heterocycles. The fourth-order valence-electron chi connectivity index (χ4n) is 3.59. The van der Waals surface area contributed by atoms with Crippen LogP contribution in [0.15, 0.2) is 36.4 Å². The first-order chi connectivity index (χ1) is 13.1. The summed E-state index contributed by atoms with van der Waals surface area (Å²) in [4.78, 5) is 19.1. The van der Waals surface area contributed by atoms with Crippen LogP contribution in [0.2, 0.25) is 0 Å². The Balaban J connectivity index is 2.09. The smallest absolute Gasteiger partial charge is 0.305 e. The summed E-state index contributed by atoms with van der Waals surface area (Å²) in [5, 5.41) is 0. The topological polar surface area (TPSA) is 42.4 Å². The van der Waals surface area contributed by atoms with Gasteiger partial charge >= 0.3 is 5.97 Å². The van der Waals surface area contributed by atoms with E-state index in [0.717, 1.165) is 30.0 Å². The number of ether oxygens (including phenoxy) is 1. The second-order valence-corrected chi connectivity index (χ2v) is 7.03. The summed E-state index contributed by atoms with van der Waals surface area (Å²) in [5.41, 5.74) is 6.60. The number of pyridine rings is 1. The second kappa shape index (κ2) is 8.85. The maximum Gasteiger partial charge on any atom is 0.305 e. The number of rotatable bonds is 6. The number of nitrogens with zero attached hydrogens (tertiary/aromatic N) is 2. The van der Waals surface area contributed by atoms with Gasteiger partial charge in [-0.2, -0.15) is 0 Å². The zero-order valence-corrected chi connectivity index (χ0v) is 16.5. The van der Waals surface area contributed by atoms with Crippen molar-refractivity contribution in [3.8, 4) is 11.3 Å². The molecular formula is C23H28N2O2. The van der Waals surface area contributed by atoms with Crippen LogP contribution >= 0.6 is 0 Å². The van der Waals surface area contributed by atoms with E-state index >= 15 is 0 Å². The average Bonchev–Trinajstić information content (AvgIpc) is 3.20. The van der Waals surface area contributed by atoms with Crippen LogP contribution in [-0.4, -0.2) is 31.2 Å². The van der Waals surface area contributed by atoms with Crippen LogP contribution in [0.25, 0.3) is 17.3 Å². The molecule has 0 bridgehead atoms. The Labute approximate surface area is 161 Å². The molecule has 0 radical (unpaired) electrons. The number of anilines is 1. The molecule has 142 valence electrons. The molecule has 0 N–H and O–H groups in total. The third-order valence-corrected chi connectivity index (χ3v) is 5.00. The van der Waals surface area contributed by atoms with Gasteiger partial charge in [-0.15, -0.1) is 0 Å². The molecule has 0 unspecified atom stereocenters. The minimum Gasteiger partial charge on any atom is -0.469 e. The van der Waals surface area contributed by atoms with E-state index < -0.39 is 0 Å². The lowest BCUT2D eigenvalue weighted by Crippen LogP contribution is -2.22. The van der Waals surface area contributed by atoms with Gasteiger partial charge in [-0.25, -0.2) is 0 Å². The highest BCUT2D eigenvalue weighted by Crippen LogP contribution is 2.33. The monoisotopic (exact) mass is 364 g/mol. The maximum absolute atomic E-state index is 11.7. The average molecular weight is 364 g/mol. The van der Waals surface area contributed by atoms with Crippen LogP contribution in [0.4, 0.5) is 5.69 Å². The molecular weight excluding hydrogens is 336 g/mol. The van der Waals surface area contributed by atoms with Crippen LogP contribution in [0.3, 0.4) is 0 Å². The standard InChI is InChI=1S/C23H28N2O2/c1-4-7-19-16-21(18-10-8-17(2)9-11-18)24-20(12-13-22(26)27-3)23(19)25-14-5-6-15-25/h4,7-11,16H,5-6,12-15H2,1-3H3. The van der Waals surface area contributed by atoms with Crippen molar-refractivity contribution in [2.75, 3.05) is 25.1 Å². The molecule has 1 aromatic carbocycles. The molecule has 3 rings (SSSR count). The van der Waals surface area contributed by atoms with Gasteiger partial charge in [0, 0.05) is 30.6 Å². The third-order valence-electron chi connectivity index (χ3n) is 5.00. The summed E-state index contributed by atoms with van der Waals surface area (Å²) in [5.74, 6) is -0.197. The van der Waals surface area contributed by atoms with E-state index in [0.29, 0.717) is 12.8 Å². The molecule has 27 heavy (non-hydrogen) atoms. The molecule has 0 aliphatic carbocycles. The highest BCUT2D eigenvalue weighted by atomic mass is 16.5. The largest absolute Gasteiger partial charge is 0.469 e. The molecule has 1 saturated heterocycles. The van der Waals surface area contributed by atoms with Gasteiger partial charge in [0.25, 0.3) is 0 Å². The first-order valence-electron chi connectivity index (χ1n) is 9.67. The fourth-order valence-corrected chi connectivity index (χ4v) is 3.59. The Hall–Kier alpha value is -2.62. The van der Waals surface area contributed by atoms with E-state index in [9.17, 15) is 4.79 Å². The van der Waals surface area contributed by atoms with Gasteiger partial charge in [0.15, 0.2) is 0 Å². The Bertz CT molecular complexity index is 819. The van der Waals surface area contributed by atoms with Crippen molar-refractivity contribution in [1.29, 1.82) is 0 Å². The highest BCUT2D eigenvalue weighted by Gasteiger charge is 2.21. The van der Waals surface area contributed by atoms with Crippen molar-refractivity contribution in [3.63, 3.8) is 0 Å². The zero-order valence-electron chi connectivity index (χ0n) is 16.5. The van der Waals surface area contributed by atoms with E-state index in [1.807, 2.05) is 6.92 Å². The number of methoxy groups -OCH3 is 1. The van der Waals surface area contributed by atoms with E-state index in [1.54, 1.807) is 0 Å². The molecule has 0 saturated carbocycles. The Kier molecular flexibility index (Phi) is 6.28. The number of esters is 1. The summed E-state index contributed by atoms with van der Waals surface area (Å²) < 4.78 is 4.85. The zero-order chi connectivity index (χ0) is 19.2. The van der Waals surface area contributed by atoms with Gasteiger partial charge in [-0.05, 0) is 32.8 Å². The molecule has 2 aromatic rings. The quantitative estimate of drug-likeness (QED) is 0.691. The van der Waals surface area contributed by atoms with Crippen LogP contribution in [0.1, 0.15) is 43.0 Å². The second-order valence-electron chi connectivity index (χ2n) is 7.03. The normalized spacial score (nSPS) is 14.1. The first-order valence-corrected chi connectivity index (χ1v) is 9.67. The lowest BCUT2D eigenvalue weighted by molar-refractivity contribution is -0.140. The predicted molar refractivity (Wildman–Crippen MR) is 111 cm³/mol. The maximum atomic E-state index is 11.7. The molecule has 0 atom stereocenters.